The van der Waals surface area contributed by atoms with Gasteiger partial charge in [-0.25, -0.2) is 4.79 Å². The van der Waals surface area contributed by atoms with Gasteiger partial charge in [-0.3, -0.25) is 19.7 Å². The van der Waals surface area contributed by atoms with Gasteiger partial charge in [0.2, 0.25) is 5.82 Å². The average molecular weight is 426 g/mol. The second kappa shape index (κ2) is 8.17. The summed E-state index contributed by atoms with van der Waals surface area (Å²) in [4.78, 5) is 25.1. The van der Waals surface area contributed by atoms with E-state index >= 15 is 0 Å². The number of hydrazone groups is 1. The second-order valence-corrected chi connectivity index (χ2v) is 7.24. The van der Waals surface area contributed by atoms with Crippen molar-refractivity contribution in [3.8, 4) is 0 Å². The van der Waals surface area contributed by atoms with Gasteiger partial charge in [0, 0.05) is 22.2 Å². The minimum atomic E-state index is -0.836. The number of rotatable bonds is 5. The first-order valence-electron chi connectivity index (χ1n) is 8.31. The Bertz CT molecular complexity index is 1000. The number of carbonyl (C=O) groups is 1. The van der Waals surface area contributed by atoms with Crippen LogP contribution in [-0.2, 0) is 6.42 Å². The molecule has 0 spiro atoms. The Balaban J connectivity index is 1.79. The van der Waals surface area contributed by atoms with Crippen molar-refractivity contribution >= 4 is 40.5 Å². The summed E-state index contributed by atoms with van der Waals surface area (Å²) in [6, 6.07) is 3.05. The van der Waals surface area contributed by atoms with Gasteiger partial charge in [-0.05, 0) is 40.4 Å². The van der Waals surface area contributed by atoms with Crippen molar-refractivity contribution in [3.05, 3.63) is 55.8 Å². The molecular weight excluding hydrogens is 409 g/mol. The summed E-state index contributed by atoms with van der Waals surface area (Å²) in [7, 11) is 0. The SMILES string of the molecule is CC(C)C1=CC(Cc2c(Cl)cc(NC(=O)c3noc(=O)[nH]3)cc2Cl)=NNC1O. The van der Waals surface area contributed by atoms with E-state index in [9.17, 15) is 14.7 Å². The number of aliphatic hydroxyl groups is 1. The first kappa shape index (κ1) is 20.1. The van der Waals surface area contributed by atoms with Crippen LogP contribution in [0.3, 0.4) is 0 Å². The Morgan fingerprint density at radius 3 is 2.61 bits per heavy atom. The predicted octanol–water partition coefficient (Wildman–Crippen LogP) is 2.32. The molecule has 1 atom stereocenters. The van der Waals surface area contributed by atoms with Gasteiger partial charge >= 0.3 is 5.76 Å². The number of anilines is 1. The Labute approximate surface area is 169 Å². The Kier molecular flexibility index (Phi) is 5.87. The number of hydrogen-bond donors (Lipinski definition) is 4. The van der Waals surface area contributed by atoms with E-state index in [0.29, 0.717) is 33.4 Å². The molecule has 2 aromatic rings. The number of carbonyl (C=O) groups excluding carboxylic acids is 1. The summed E-state index contributed by atoms with van der Waals surface area (Å²) >= 11 is 12.7. The van der Waals surface area contributed by atoms with Crippen LogP contribution in [0.15, 0.2) is 38.2 Å². The monoisotopic (exact) mass is 425 g/mol. The van der Waals surface area contributed by atoms with Crippen molar-refractivity contribution in [2.75, 3.05) is 5.32 Å². The van der Waals surface area contributed by atoms with E-state index in [-0.39, 0.29) is 11.7 Å². The normalized spacial score (nSPS) is 16.4. The van der Waals surface area contributed by atoms with E-state index in [4.69, 9.17) is 23.2 Å². The summed E-state index contributed by atoms with van der Waals surface area (Å²) < 4.78 is 4.29. The standard InChI is InChI=1S/C17H17Cl2N5O4/c1-7(2)10-3-9(22-23-15(10)25)4-11-12(18)5-8(6-13(11)19)20-16(26)14-21-17(27)28-24-14/h3,5-7,15,23,25H,4H2,1-2H3,(H,20,26)(H,21,24,27). The quantitative estimate of drug-likeness (QED) is 0.580. The van der Waals surface area contributed by atoms with Crippen LogP contribution in [0.5, 0.6) is 0 Å². The highest BCUT2D eigenvalue weighted by molar-refractivity contribution is 6.37. The second-order valence-electron chi connectivity index (χ2n) is 6.43. The molecule has 1 aliphatic heterocycles. The van der Waals surface area contributed by atoms with Gasteiger partial charge < -0.3 is 10.4 Å². The van der Waals surface area contributed by atoms with Crippen molar-refractivity contribution in [2.45, 2.75) is 26.5 Å². The number of halogens is 2. The van der Waals surface area contributed by atoms with E-state index in [1.165, 1.54) is 12.1 Å². The average Bonchev–Trinajstić information content (AvgIpc) is 3.06. The van der Waals surface area contributed by atoms with E-state index in [1.54, 1.807) is 0 Å². The van der Waals surface area contributed by atoms with Crippen molar-refractivity contribution in [1.29, 1.82) is 0 Å². The van der Waals surface area contributed by atoms with Crippen LogP contribution in [0.2, 0.25) is 10.0 Å². The number of amides is 1. The zero-order chi connectivity index (χ0) is 20.4. The van der Waals surface area contributed by atoms with Crippen molar-refractivity contribution in [3.63, 3.8) is 0 Å². The zero-order valence-corrected chi connectivity index (χ0v) is 16.4. The molecule has 1 aromatic heterocycles. The first-order valence-corrected chi connectivity index (χ1v) is 9.07. The van der Waals surface area contributed by atoms with Crippen LogP contribution in [0.25, 0.3) is 0 Å². The molecule has 1 unspecified atom stereocenters. The number of benzene rings is 1. The van der Waals surface area contributed by atoms with Crippen LogP contribution in [0, 0.1) is 5.92 Å². The van der Waals surface area contributed by atoms with Gasteiger partial charge in [0.15, 0.2) is 6.23 Å². The molecule has 0 fully saturated rings. The number of nitrogens with zero attached hydrogens (tertiary/aromatic N) is 2. The summed E-state index contributed by atoms with van der Waals surface area (Å²) in [6.07, 6.45) is 1.32. The third kappa shape index (κ3) is 4.44. The molecule has 0 saturated heterocycles. The number of allylic oxidation sites excluding steroid dienone is 1. The molecule has 4 N–H and O–H groups in total. The summed E-state index contributed by atoms with van der Waals surface area (Å²) in [5.74, 6) is -1.64. The summed E-state index contributed by atoms with van der Waals surface area (Å²) in [6.45, 7) is 3.94. The molecule has 2 heterocycles. The first-order chi connectivity index (χ1) is 13.2. The fourth-order valence-corrected chi connectivity index (χ4v) is 3.26. The molecule has 3 rings (SSSR count). The molecule has 0 radical (unpaired) electrons. The smallest absolute Gasteiger partial charge is 0.368 e. The van der Waals surface area contributed by atoms with Crippen LogP contribution in [0.4, 0.5) is 5.69 Å². The molecular formula is C17H17Cl2N5O4. The lowest BCUT2D eigenvalue weighted by Crippen LogP contribution is -2.33. The van der Waals surface area contributed by atoms with Crippen LogP contribution in [0.1, 0.15) is 30.0 Å². The Morgan fingerprint density at radius 1 is 1.36 bits per heavy atom. The number of nitrogens with one attached hydrogen (secondary N) is 3. The molecule has 0 bridgehead atoms. The lowest BCUT2D eigenvalue weighted by Gasteiger charge is -2.23. The van der Waals surface area contributed by atoms with E-state index < -0.39 is 17.9 Å². The predicted molar refractivity (Wildman–Crippen MR) is 105 cm³/mol. The minimum Gasteiger partial charge on any atom is -0.368 e. The lowest BCUT2D eigenvalue weighted by molar-refractivity contribution is 0.101. The highest BCUT2D eigenvalue weighted by Gasteiger charge is 2.20. The number of aromatic nitrogens is 2. The van der Waals surface area contributed by atoms with Crippen LogP contribution >= 0.6 is 23.2 Å². The molecule has 1 aromatic carbocycles. The van der Waals surface area contributed by atoms with E-state index in [0.717, 1.165) is 5.57 Å². The number of aromatic amines is 1. The molecule has 1 amide bonds. The van der Waals surface area contributed by atoms with Crippen molar-refractivity contribution in [1.82, 2.24) is 15.6 Å². The Morgan fingerprint density at radius 2 is 2.04 bits per heavy atom. The van der Waals surface area contributed by atoms with Crippen molar-refractivity contribution < 1.29 is 14.4 Å². The van der Waals surface area contributed by atoms with Gasteiger partial charge in [-0.15, -0.1) is 0 Å². The number of aliphatic hydroxyl groups excluding tert-OH is 1. The molecule has 1 aliphatic rings. The third-order valence-corrected chi connectivity index (χ3v) is 4.73. The number of hydrogen-bond acceptors (Lipinski definition) is 7. The van der Waals surface area contributed by atoms with Gasteiger partial charge in [-0.1, -0.05) is 37.0 Å². The largest absolute Gasteiger partial charge is 0.439 e. The fourth-order valence-electron chi connectivity index (χ4n) is 2.64. The molecule has 0 aliphatic carbocycles. The topological polar surface area (TPSA) is 133 Å². The van der Waals surface area contributed by atoms with Crippen LogP contribution < -0.4 is 16.5 Å². The third-order valence-electron chi connectivity index (χ3n) is 4.06. The maximum absolute atomic E-state index is 12.0. The van der Waals surface area contributed by atoms with Crippen molar-refractivity contribution in [2.24, 2.45) is 11.0 Å². The van der Waals surface area contributed by atoms with Gasteiger partial charge in [-0.2, -0.15) is 5.10 Å². The van der Waals surface area contributed by atoms with E-state index in [1.807, 2.05) is 19.9 Å². The maximum atomic E-state index is 12.0. The fraction of sp³-hybridized carbons (Fsp3) is 0.294. The highest BCUT2D eigenvalue weighted by Crippen LogP contribution is 2.30. The summed E-state index contributed by atoms with van der Waals surface area (Å²) in [5, 5.41) is 20.5. The zero-order valence-electron chi connectivity index (χ0n) is 14.9. The molecule has 28 heavy (non-hydrogen) atoms. The molecule has 9 nitrogen and oxygen atoms in total. The van der Waals surface area contributed by atoms with Crippen LogP contribution in [-0.4, -0.2) is 33.1 Å². The number of H-pyrrole nitrogens is 1. The molecule has 0 saturated carbocycles. The molecule has 11 heteroatoms. The maximum Gasteiger partial charge on any atom is 0.439 e. The lowest BCUT2D eigenvalue weighted by atomic mass is 9.97. The van der Waals surface area contributed by atoms with E-state index in [2.05, 4.69) is 30.5 Å². The van der Waals surface area contributed by atoms with Gasteiger partial charge in [0.05, 0.1) is 5.71 Å². The molecule has 148 valence electrons. The van der Waals surface area contributed by atoms with Gasteiger partial charge in [0.1, 0.15) is 0 Å². The Hall–Kier alpha value is -2.62. The minimum absolute atomic E-state index is 0.138. The summed E-state index contributed by atoms with van der Waals surface area (Å²) in [5.41, 5.74) is 5.08. The van der Waals surface area contributed by atoms with Gasteiger partial charge in [0.25, 0.3) is 5.91 Å². The highest BCUT2D eigenvalue weighted by atomic mass is 35.5.